The van der Waals surface area contributed by atoms with E-state index in [1.807, 2.05) is 0 Å². The molecule has 19 heavy (non-hydrogen) atoms. The summed E-state index contributed by atoms with van der Waals surface area (Å²) in [6.07, 6.45) is 3.55. The van der Waals surface area contributed by atoms with Gasteiger partial charge in [-0.05, 0) is 47.9 Å². The summed E-state index contributed by atoms with van der Waals surface area (Å²) in [5, 5.41) is 10.6. The first-order valence-corrected chi connectivity index (χ1v) is 7.93. The maximum absolute atomic E-state index is 10.6. The molecule has 2 nitrogen and oxygen atoms in total. The van der Waals surface area contributed by atoms with E-state index in [2.05, 4.69) is 41.9 Å². The highest BCUT2D eigenvalue weighted by Gasteiger charge is 2.44. The van der Waals surface area contributed by atoms with Crippen molar-refractivity contribution in [2.45, 2.75) is 45.1 Å². The van der Waals surface area contributed by atoms with Crippen LogP contribution in [0.1, 0.15) is 37.8 Å². The Bertz CT molecular complexity index is 490. The molecule has 0 unspecified atom stereocenters. The Balaban J connectivity index is 1.78. The van der Waals surface area contributed by atoms with Crippen molar-refractivity contribution in [1.82, 2.24) is 0 Å². The van der Waals surface area contributed by atoms with Gasteiger partial charge in [0.2, 0.25) is 0 Å². The number of halogens is 1. The molecule has 1 heterocycles. The molecule has 2 aliphatic rings. The zero-order chi connectivity index (χ0) is 13.6. The summed E-state index contributed by atoms with van der Waals surface area (Å²) in [6.45, 7) is 5.25. The molecule has 0 bridgehead atoms. The normalized spacial score (nSPS) is 29.0. The molecule has 3 rings (SSSR count). The number of hydrogen-bond acceptors (Lipinski definition) is 2. The van der Waals surface area contributed by atoms with Crippen molar-refractivity contribution >= 4 is 15.9 Å². The number of fused-ring (bicyclic) bond motifs is 1. The van der Waals surface area contributed by atoms with Gasteiger partial charge in [0, 0.05) is 17.3 Å². The molecule has 3 heteroatoms. The first-order valence-electron chi connectivity index (χ1n) is 7.13. The Morgan fingerprint density at radius 3 is 2.84 bits per heavy atom. The van der Waals surface area contributed by atoms with E-state index in [1.165, 1.54) is 5.56 Å². The fraction of sp³-hybridized carbons (Fsp3) is 0.625. The van der Waals surface area contributed by atoms with E-state index in [-0.39, 0.29) is 0 Å². The summed E-state index contributed by atoms with van der Waals surface area (Å²) in [5.41, 5.74) is 1.91. The van der Waals surface area contributed by atoms with Gasteiger partial charge in [-0.1, -0.05) is 29.8 Å². The fourth-order valence-electron chi connectivity index (χ4n) is 3.36. The van der Waals surface area contributed by atoms with Crippen LogP contribution in [0.4, 0.5) is 0 Å². The van der Waals surface area contributed by atoms with Crippen LogP contribution in [0.3, 0.4) is 0 Å². The first kappa shape index (κ1) is 13.4. The molecule has 0 atom stereocenters. The Hall–Kier alpha value is -0.540. The van der Waals surface area contributed by atoms with E-state index >= 15 is 0 Å². The second-order valence-corrected chi connectivity index (χ2v) is 7.38. The van der Waals surface area contributed by atoms with Gasteiger partial charge in [0.15, 0.2) is 0 Å². The van der Waals surface area contributed by atoms with E-state index < -0.39 is 5.60 Å². The molecule has 1 aromatic carbocycles. The lowest BCUT2D eigenvalue weighted by atomic mass is 9.64. The minimum atomic E-state index is -0.518. The minimum absolute atomic E-state index is 0.518. The van der Waals surface area contributed by atoms with Crippen molar-refractivity contribution in [2.75, 3.05) is 6.61 Å². The summed E-state index contributed by atoms with van der Waals surface area (Å²) in [5.74, 6) is 2.36. The fourth-order valence-corrected chi connectivity index (χ4v) is 3.92. The van der Waals surface area contributed by atoms with Crippen LogP contribution in [0.15, 0.2) is 16.6 Å². The lowest BCUT2D eigenvalue weighted by Crippen LogP contribution is -2.47. The maximum atomic E-state index is 10.6. The Labute approximate surface area is 123 Å². The number of hydrogen-bond donors (Lipinski definition) is 1. The van der Waals surface area contributed by atoms with Crippen LogP contribution in [-0.4, -0.2) is 17.3 Å². The van der Waals surface area contributed by atoms with Crippen molar-refractivity contribution in [3.8, 4) is 5.75 Å². The molecule has 1 saturated carbocycles. The van der Waals surface area contributed by atoms with Gasteiger partial charge in [-0.3, -0.25) is 0 Å². The molecule has 104 valence electrons. The summed E-state index contributed by atoms with van der Waals surface area (Å²) in [4.78, 5) is 0. The molecular weight excluding hydrogens is 304 g/mol. The molecule has 0 radical (unpaired) electrons. The van der Waals surface area contributed by atoms with Crippen LogP contribution in [-0.2, 0) is 12.8 Å². The average Bonchev–Trinajstić information content (AvgIpc) is 2.73. The zero-order valence-corrected chi connectivity index (χ0v) is 13.2. The van der Waals surface area contributed by atoms with Gasteiger partial charge in [-0.2, -0.15) is 0 Å². The Morgan fingerprint density at radius 1 is 1.42 bits per heavy atom. The summed E-state index contributed by atoms with van der Waals surface area (Å²) < 4.78 is 6.83. The van der Waals surface area contributed by atoms with Crippen LogP contribution in [0.2, 0.25) is 0 Å². The Morgan fingerprint density at radius 2 is 2.16 bits per heavy atom. The summed E-state index contributed by atoms with van der Waals surface area (Å²) in [7, 11) is 0. The van der Waals surface area contributed by atoms with Crippen LogP contribution >= 0.6 is 15.9 Å². The van der Waals surface area contributed by atoms with Gasteiger partial charge in [-0.25, -0.2) is 0 Å². The van der Waals surface area contributed by atoms with E-state index in [0.717, 1.165) is 48.1 Å². The molecule has 1 aliphatic carbocycles. The van der Waals surface area contributed by atoms with E-state index in [0.29, 0.717) is 11.8 Å². The maximum Gasteiger partial charge on any atom is 0.125 e. The predicted octanol–water partition coefficient (Wildman–Crippen LogP) is 3.72. The third-order valence-corrected chi connectivity index (χ3v) is 5.03. The topological polar surface area (TPSA) is 29.5 Å². The zero-order valence-electron chi connectivity index (χ0n) is 11.6. The van der Waals surface area contributed by atoms with Crippen molar-refractivity contribution in [3.05, 3.63) is 27.7 Å². The Kier molecular flexibility index (Phi) is 3.38. The van der Waals surface area contributed by atoms with Crippen molar-refractivity contribution < 1.29 is 9.84 Å². The van der Waals surface area contributed by atoms with Crippen LogP contribution < -0.4 is 4.74 Å². The van der Waals surface area contributed by atoms with Crippen LogP contribution in [0.25, 0.3) is 0 Å². The van der Waals surface area contributed by atoms with Crippen molar-refractivity contribution in [2.24, 2.45) is 11.8 Å². The standard InChI is InChI=1S/C16H21BrO2/c1-10(2)13-8-16(18,9-13)7-12-6-14(17)5-11-3-4-19-15(11)12/h5-6,10,13,18H,3-4,7-9H2,1-2H3. The lowest BCUT2D eigenvalue weighted by molar-refractivity contribution is -0.0862. The second-order valence-electron chi connectivity index (χ2n) is 6.47. The number of ether oxygens (including phenoxy) is 1. The average molecular weight is 325 g/mol. The van der Waals surface area contributed by atoms with E-state index in [4.69, 9.17) is 4.74 Å². The third kappa shape index (κ3) is 2.55. The molecular formula is C16H21BrO2. The molecule has 1 aromatic rings. The van der Waals surface area contributed by atoms with Gasteiger partial charge in [-0.15, -0.1) is 0 Å². The van der Waals surface area contributed by atoms with Gasteiger partial charge >= 0.3 is 0 Å². The smallest absolute Gasteiger partial charge is 0.125 e. The molecule has 0 amide bonds. The number of rotatable bonds is 3. The molecule has 0 spiro atoms. The van der Waals surface area contributed by atoms with Crippen molar-refractivity contribution in [3.63, 3.8) is 0 Å². The third-order valence-electron chi connectivity index (χ3n) is 4.57. The SMILES string of the molecule is CC(C)C1CC(O)(Cc2cc(Br)cc3c2OCC3)C1. The highest BCUT2D eigenvalue weighted by Crippen LogP contribution is 2.46. The molecule has 0 saturated heterocycles. The van der Waals surface area contributed by atoms with Gasteiger partial charge < -0.3 is 9.84 Å². The number of aliphatic hydroxyl groups is 1. The molecule has 1 N–H and O–H groups in total. The van der Waals surface area contributed by atoms with Gasteiger partial charge in [0.05, 0.1) is 12.2 Å². The molecule has 1 aliphatic heterocycles. The predicted molar refractivity (Wildman–Crippen MR) is 79.6 cm³/mol. The summed E-state index contributed by atoms with van der Waals surface area (Å²) >= 11 is 3.56. The number of benzene rings is 1. The van der Waals surface area contributed by atoms with E-state index in [9.17, 15) is 5.11 Å². The first-order chi connectivity index (χ1) is 8.97. The second kappa shape index (κ2) is 4.78. The van der Waals surface area contributed by atoms with Crippen LogP contribution in [0, 0.1) is 11.8 Å². The van der Waals surface area contributed by atoms with Gasteiger partial charge in [0.25, 0.3) is 0 Å². The molecule has 0 aromatic heterocycles. The summed E-state index contributed by atoms with van der Waals surface area (Å²) in [6, 6.07) is 4.23. The largest absolute Gasteiger partial charge is 0.493 e. The molecule has 1 fully saturated rings. The van der Waals surface area contributed by atoms with Crippen molar-refractivity contribution in [1.29, 1.82) is 0 Å². The van der Waals surface area contributed by atoms with Crippen LogP contribution in [0.5, 0.6) is 5.75 Å². The van der Waals surface area contributed by atoms with E-state index in [1.54, 1.807) is 0 Å². The lowest BCUT2D eigenvalue weighted by Gasteiger charge is -2.46. The monoisotopic (exact) mass is 324 g/mol. The highest BCUT2D eigenvalue weighted by atomic mass is 79.9. The highest BCUT2D eigenvalue weighted by molar-refractivity contribution is 9.10. The van der Waals surface area contributed by atoms with Gasteiger partial charge in [0.1, 0.15) is 5.75 Å². The minimum Gasteiger partial charge on any atom is -0.493 e. The quantitative estimate of drug-likeness (QED) is 0.918.